The monoisotopic (exact) mass is 199 g/mol. The molecule has 1 atom stereocenters. The van der Waals surface area contributed by atoms with Crippen LogP contribution in [0.4, 0.5) is 0 Å². The predicted octanol–water partition coefficient (Wildman–Crippen LogP) is 0.631. The molecule has 0 aromatic heterocycles. The maximum Gasteiger partial charge on any atom is 0.251 e. The lowest BCUT2D eigenvalue weighted by molar-refractivity contribution is -0.127. The maximum absolute atomic E-state index is 11.5. The highest BCUT2D eigenvalue weighted by atomic mass is 16.2. The van der Waals surface area contributed by atoms with E-state index in [1.54, 1.807) is 0 Å². The Balaban J connectivity index is 2.50. The lowest BCUT2D eigenvalue weighted by Gasteiger charge is -2.33. The van der Waals surface area contributed by atoms with Crippen molar-refractivity contribution in [3.63, 3.8) is 0 Å². The summed E-state index contributed by atoms with van der Waals surface area (Å²) in [6.07, 6.45) is 5.63. The number of rotatable bonds is 4. The van der Waals surface area contributed by atoms with Gasteiger partial charge >= 0.3 is 0 Å². The molecule has 82 valence electrons. The summed E-state index contributed by atoms with van der Waals surface area (Å²) >= 11 is 0. The van der Waals surface area contributed by atoms with Gasteiger partial charge in [-0.05, 0) is 32.4 Å². The van der Waals surface area contributed by atoms with Crippen LogP contribution in [-0.4, -0.2) is 29.9 Å². The van der Waals surface area contributed by atoms with Crippen LogP contribution in [0.2, 0.25) is 0 Å². The van der Waals surface area contributed by atoms with Gasteiger partial charge in [-0.1, -0.05) is 19.8 Å². The van der Waals surface area contributed by atoms with Crippen LogP contribution in [0, 0.1) is 0 Å². The number of nitrogens with two attached hydrogens (primary N) is 1. The minimum atomic E-state index is -0.0336. The lowest BCUT2D eigenvalue weighted by Crippen LogP contribution is -2.50. The second kappa shape index (κ2) is 5.98. The van der Waals surface area contributed by atoms with Crippen molar-refractivity contribution in [3.8, 4) is 0 Å². The topological polar surface area (TPSA) is 58.4 Å². The summed E-state index contributed by atoms with van der Waals surface area (Å²) in [7, 11) is 0. The molecule has 1 fully saturated rings. The Hall–Kier alpha value is -0.610. The van der Waals surface area contributed by atoms with Crippen molar-refractivity contribution in [2.75, 3.05) is 13.1 Å². The molecule has 0 aromatic rings. The number of nitrogens with zero attached hydrogens (tertiary/aromatic N) is 1. The fourth-order valence-corrected chi connectivity index (χ4v) is 2.08. The fourth-order valence-electron chi connectivity index (χ4n) is 2.08. The number of amides is 1. The van der Waals surface area contributed by atoms with Gasteiger partial charge in [0.05, 0.1) is 6.04 Å². The van der Waals surface area contributed by atoms with Crippen molar-refractivity contribution in [2.45, 2.75) is 45.1 Å². The highest BCUT2D eigenvalue weighted by Gasteiger charge is 2.25. The van der Waals surface area contributed by atoms with Gasteiger partial charge in [0.1, 0.15) is 0 Å². The van der Waals surface area contributed by atoms with E-state index in [9.17, 15) is 4.79 Å². The molecular weight excluding hydrogens is 178 g/mol. The van der Waals surface area contributed by atoms with Crippen molar-refractivity contribution >= 4 is 5.91 Å². The molecule has 0 bridgehead atoms. The van der Waals surface area contributed by atoms with Gasteiger partial charge in [-0.2, -0.15) is 0 Å². The first-order valence-electron chi connectivity index (χ1n) is 5.54. The average molecular weight is 199 g/mol. The molecule has 4 heteroatoms. The molecule has 0 spiro atoms. The van der Waals surface area contributed by atoms with Crippen LogP contribution in [0.5, 0.6) is 0 Å². The minimum absolute atomic E-state index is 0.00898. The Labute approximate surface area is 85.8 Å². The van der Waals surface area contributed by atoms with E-state index in [2.05, 4.69) is 17.2 Å². The summed E-state index contributed by atoms with van der Waals surface area (Å²) in [5, 5.41) is 0. The van der Waals surface area contributed by atoms with Gasteiger partial charge in [-0.3, -0.25) is 15.1 Å². The average Bonchev–Trinajstić information content (AvgIpc) is 2.26. The van der Waals surface area contributed by atoms with Gasteiger partial charge in [-0.25, -0.2) is 5.84 Å². The Morgan fingerprint density at radius 1 is 1.43 bits per heavy atom. The van der Waals surface area contributed by atoms with Gasteiger partial charge in [0, 0.05) is 0 Å². The van der Waals surface area contributed by atoms with Gasteiger partial charge in [0.15, 0.2) is 0 Å². The summed E-state index contributed by atoms with van der Waals surface area (Å²) in [5.74, 6) is 5.15. The normalized spacial score (nSPS) is 20.4. The number of piperidine rings is 1. The molecule has 0 aliphatic carbocycles. The van der Waals surface area contributed by atoms with Crippen LogP contribution >= 0.6 is 0 Å². The molecule has 1 heterocycles. The Morgan fingerprint density at radius 2 is 2.07 bits per heavy atom. The highest BCUT2D eigenvalue weighted by Crippen LogP contribution is 2.15. The Kier molecular flexibility index (Phi) is 4.90. The first kappa shape index (κ1) is 11.5. The molecule has 4 nitrogen and oxygen atoms in total. The molecule has 0 aromatic carbocycles. The van der Waals surface area contributed by atoms with Crippen LogP contribution in [0.3, 0.4) is 0 Å². The maximum atomic E-state index is 11.5. The van der Waals surface area contributed by atoms with Crippen LogP contribution in [0.25, 0.3) is 0 Å². The van der Waals surface area contributed by atoms with Crippen molar-refractivity contribution < 1.29 is 4.79 Å². The summed E-state index contributed by atoms with van der Waals surface area (Å²) in [6.45, 7) is 4.18. The van der Waals surface area contributed by atoms with E-state index in [0.29, 0.717) is 0 Å². The molecular formula is C10H21N3O. The summed E-state index contributed by atoms with van der Waals surface area (Å²) in [5.41, 5.74) is 2.27. The first-order valence-corrected chi connectivity index (χ1v) is 5.54. The molecule has 14 heavy (non-hydrogen) atoms. The zero-order chi connectivity index (χ0) is 10.4. The van der Waals surface area contributed by atoms with E-state index in [4.69, 9.17) is 5.84 Å². The number of hydrogen-bond acceptors (Lipinski definition) is 3. The van der Waals surface area contributed by atoms with Crippen molar-refractivity contribution in [2.24, 2.45) is 5.84 Å². The van der Waals surface area contributed by atoms with Gasteiger partial charge in [0.25, 0.3) is 5.91 Å². The van der Waals surface area contributed by atoms with E-state index in [-0.39, 0.29) is 11.9 Å². The number of carbonyl (C=O) groups excluding carboxylic acids is 1. The number of hydrazine groups is 1. The summed E-state index contributed by atoms with van der Waals surface area (Å²) in [6, 6.07) is -0.00898. The van der Waals surface area contributed by atoms with E-state index in [1.807, 2.05) is 0 Å². The van der Waals surface area contributed by atoms with Crippen LogP contribution in [0.1, 0.15) is 39.0 Å². The van der Waals surface area contributed by atoms with Gasteiger partial charge in [-0.15, -0.1) is 0 Å². The molecule has 3 N–H and O–H groups in total. The summed E-state index contributed by atoms with van der Waals surface area (Å²) in [4.78, 5) is 13.8. The zero-order valence-electron chi connectivity index (χ0n) is 8.96. The fraction of sp³-hybridized carbons (Fsp3) is 0.900. The lowest BCUT2D eigenvalue weighted by atomic mass is 10.0. The van der Waals surface area contributed by atoms with Crippen molar-refractivity contribution in [1.82, 2.24) is 10.3 Å². The van der Waals surface area contributed by atoms with Crippen molar-refractivity contribution in [1.29, 1.82) is 0 Å². The third-order valence-corrected chi connectivity index (χ3v) is 2.84. The molecule has 1 saturated heterocycles. The second-order valence-electron chi connectivity index (χ2n) is 3.91. The number of hydrogen-bond donors (Lipinski definition) is 2. The molecule has 1 rings (SSSR count). The third-order valence-electron chi connectivity index (χ3n) is 2.84. The molecule has 0 radical (unpaired) electrons. The molecule has 1 unspecified atom stereocenters. The van der Waals surface area contributed by atoms with Crippen LogP contribution in [-0.2, 0) is 4.79 Å². The largest absolute Gasteiger partial charge is 0.293 e. The van der Waals surface area contributed by atoms with Gasteiger partial charge < -0.3 is 0 Å². The predicted molar refractivity (Wildman–Crippen MR) is 56.5 cm³/mol. The van der Waals surface area contributed by atoms with Crippen LogP contribution < -0.4 is 11.3 Å². The molecule has 1 aliphatic rings. The smallest absolute Gasteiger partial charge is 0.251 e. The second-order valence-corrected chi connectivity index (χ2v) is 3.91. The van der Waals surface area contributed by atoms with Crippen molar-refractivity contribution in [3.05, 3.63) is 0 Å². The van der Waals surface area contributed by atoms with Crippen LogP contribution in [0.15, 0.2) is 0 Å². The van der Waals surface area contributed by atoms with E-state index >= 15 is 0 Å². The third kappa shape index (κ3) is 2.96. The quantitative estimate of drug-likeness (QED) is 0.397. The highest BCUT2D eigenvalue weighted by molar-refractivity contribution is 5.81. The molecule has 1 amide bonds. The van der Waals surface area contributed by atoms with E-state index in [0.717, 1.165) is 25.9 Å². The molecule has 1 aliphatic heterocycles. The van der Waals surface area contributed by atoms with E-state index < -0.39 is 0 Å². The zero-order valence-corrected chi connectivity index (χ0v) is 8.96. The van der Waals surface area contributed by atoms with Gasteiger partial charge in [0.2, 0.25) is 0 Å². The Bertz CT molecular complexity index is 178. The van der Waals surface area contributed by atoms with E-state index in [1.165, 1.54) is 19.3 Å². The Morgan fingerprint density at radius 3 is 2.57 bits per heavy atom. The minimum Gasteiger partial charge on any atom is -0.293 e. The summed E-state index contributed by atoms with van der Waals surface area (Å²) < 4.78 is 0. The number of likely N-dealkylation sites (tertiary alicyclic amines) is 1. The SMILES string of the molecule is CCCC(C(=O)NN)N1CCCCC1. The molecule has 0 saturated carbocycles. The number of nitrogens with one attached hydrogen (secondary N) is 1. The standard InChI is InChI=1S/C10H21N3O/c1-2-6-9(10(14)12-11)13-7-4-3-5-8-13/h9H,2-8,11H2,1H3,(H,12,14). The number of carbonyl (C=O) groups is 1. The first-order chi connectivity index (χ1) is 6.79.